The van der Waals surface area contributed by atoms with Gasteiger partial charge < -0.3 is 15.0 Å². The van der Waals surface area contributed by atoms with Crippen molar-refractivity contribution in [2.24, 2.45) is 17.3 Å². The minimum absolute atomic E-state index is 0.0713. The lowest BCUT2D eigenvalue weighted by Gasteiger charge is -2.04. The third-order valence-electron chi connectivity index (χ3n) is 4.76. The van der Waals surface area contributed by atoms with Crippen molar-refractivity contribution in [1.82, 2.24) is 9.88 Å². The van der Waals surface area contributed by atoms with Crippen molar-refractivity contribution < 1.29 is 14.7 Å². The Bertz CT molecular complexity index is 1080. The number of nitrogens with one attached hydrogen (secondary N) is 1. The van der Waals surface area contributed by atoms with E-state index in [9.17, 15) is 14.7 Å². The predicted molar refractivity (Wildman–Crippen MR) is 116 cm³/mol. The zero-order chi connectivity index (χ0) is 21.5. The molecule has 0 radical (unpaired) electrons. The van der Waals surface area contributed by atoms with E-state index in [2.05, 4.69) is 15.5 Å². The zero-order valence-electron chi connectivity index (χ0n) is 16.6. The van der Waals surface area contributed by atoms with Gasteiger partial charge >= 0.3 is 0 Å². The van der Waals surface area contributed by atoms with Crippen molar-refractivity contribution >= 4 is 40.0 Å². The highest BCUT2D eigenvalue weighted by Gasteiger charge is 2.15. The maximum absolute atomic E-state index is 12.0. The first-order valence-corrected chi connectivity index (χ1v) is 10.1. The summed E-state index contributed by atoms with van der Waals surface area (Å²) in [7, 11) is 1.70. The van der Waals surface area contributed by atoms with Crippen LogP contribution >= 0.6 is 11.6 Å². The number of rotatable bonds is 8. The molecule has 0 bridgehead atoms. The second-order valence-corrected chi connectivity index (χ2v) is 7.36. The molecule has 30 heavy (non-hydrogen) atoms. The van der Waals surface area contributed by atoms with E-state index in [4.69, 9.17) is 11.6 Å². The minimum atomic E-state index is -0.359. The van der Waals surface area contributed by atoms with Gasteiger partial charge in [-0.1, -0.05) is 36.2 Å². The second-order valence-electron chi connectivity index (χ2n) is 6.92. The van der Waals surface area contributed by atoms with E-state index < -0.39 is 0 Å². The molecule has 0 saturated heterocycles. The molecule has 0 aliphatic heterocycles. The monoisotopic (exact) mass is 426 g/mol. The van der Waals surface area contributed by atoms with Crippen LogP contribution in [0.25, 0.3) is 10.9 Å². The summed E-state index contributed by atoms with van der Waals surface area (Å²) in [5.74, 6) is -0.532. The van der Waals surface area contributed by atoms with Crippen LogP contribution in [0.1, 0.15) is 36.0 Å². The molecule has 1 aromatic heterocycles. The van der Waals surface area contributed by atoms with Gasteiger partial charge in [0, 0.05) is 36.0 Å². The molecule has 0 unspecified atom stereocenters. The summed E-state index contributed by atoms with van der Waals surface area (Å²) < 4.78 is 1.56. The van der Waals surface area contributed by atoms with Crippen LogP contribution in [0.4, 0.5) is 5.69 Å². The number of carbonyl (C=O) groups excluding carboxylic acids is 2. The Hall–Kier alpha value is -3.19. The largest absolute Gasteiger partial charge is 0.493 e. The van der Waals surface area contributed by atoms with Crippen molar-refractivity contribution in [3.63, 3.8) is 0 Å². The van der Waals surface area contributed by atoms with Crippen LogP contribution < -0.4 is 5.32 Å². The number of aryl methyl sites for hydroxylation is 1. The first-order chi connectivity index (χ1) is 14.5. The Morgan fingerprint density at radius 2 is 1.87 bits per heavy atom. The van der Waals surface area contributed by atoms with Gasteiger partial charge in [-0.15, -0.1) is 10.2 Å². The summed E-state index contributed by atoms with van der Waals surface area (Å²) in [4.78, 5) is 23.9. The molecule has 3 rings (SSSR count). The molecule has 3 aromatic rings. The molecule has 156 valence electrons. The summed E-state index contributed by atoms with van der Waals surface area (Å²) in [6, 6.07) is 14.2. The number of aromatic hydroxyl groups is 1. The summed E-state index contributed by atoms with van der Waals surface area (Å²) in [5, 5.41) is 21.9. The Morgan fingerprint density at radius 1 is 1.10 bits per heavy atom. The van der Waals surface area contributed by atoms with Crippen LogP contribution in [-0.4, -0.2) is 28.0 Å². The van der Waals surface area contributed by atoms with Crippen LogP contribution in [-0.2, 0) is 11.8 Å². The highest BCUT2D eigenvalue weighted by molar-refractivity contribution is 6.31. The zero-order valence-corrected chi connectivity index (χ0v) is 17.4. The topological polar surface area (TPSA) is 96.0 Å². The van der Waals surface area contributed by atoms with Crippen LogP contribution in [0.5, 0.6) is 5.88 Å². The summed E-state index contributed by atoms with van der Waals surface area (Å²) in [6.45, 7) is 0.550. The first-order valence-electron chi connectivity index (χ1n) is 9.72. The Kier molecular flexibility index (Phi) is 7.19. The Labute approximate surface area is 179 Å². The van der Waals surface area contributed by atoms with E-state index in [1.165, 1.54) is 0 Å². The van der Waals surface area contributed by atoms with E-state index in [0.717, 1.165) is 18.4 Å². The number of aromatic nitrogens is 1. The number of carbonyl (C=O) groups is 2. The van der Waals surface area contributed by atoms with Gasteiger partial charge in [0.2, 0.25) is 5.88 Å². The fourth-order valence-electron chi connectivity index (χ4n) is 3.11. The van der Waals surface area contributed by atoms with Gasteiger partial charge in [0.1, 0.15) is 0 Å². The number of fused-ring (bicyclic) bond motifs is 1. The molecule has 2 amide bonds. The molecule has 0 aliphatic rings. The quantitative estimate of drug-likeness (QED) is 0.385. The maximum atomic E-state index is 12.0. The fraction of sp³-hybridized carbons (Fsp3) is 0.273. The minimum Gasteiger partial charge on any atom is -0.493 e. The second kappa shape index (κ2) is 10.0. The molecular weight excluding hydrogens is 404 g/mol. The number of halogens is 1. The van der Waals surface area contributed by atoms with Crippen LogP contribution in [0.3, 0.4) is 0 Å². The maximum Gasteiger partial charge on any atom is 0.264 e. The standard InChI is InChI=1S/C22H23ClN4O3/c1-27-18-12-11-16(23)14-17(18)20(22(27)30)26-25-19(28)10-6-3-7-13-24-21(29)15-8-4-2-5-9-15/h2,4-5,8-9,11-12,14,30H,3,6-7,10,13H2,1H3,(H,24,29). The molecule has 0 atom stereocenters. The SMILES string of the molecule is Cn1c(O)c(N=NC(=O)CCCCCNC(=O)c2ccccc2)c2cc(Cl)ccc21. The molecule has 0 aliphatic carbocycles. The molecule has 0 spiro atoms. The Balaban J connectivity index is 1.44. The molecule has 8 heteroatoms. The van der Waals surface area contributed by atoms with Crippen LogP contribution in [0, 0.1) is 0 Å². The van der Waals surface area contributed by atoms with Crippen molar-refractivity contribution in [3.05, 3.63) is 59.1 Å². The highest BCUT2D eigenvalue weighted by Crippen LogP contribution is 2.39. The van der Waals surface area contributed by atoms with Gasteiger partial charge in [-0.3, -0.25) is 9.59 Å². The van der Waals surface area contributed by atoms with Crippen molar-refractivity contribution in [1.29, 1.82) is 0 Å². The number of hydrogen-bond donors (Lipinski definition) is 2. The number of benzene rings is 2. The molecule has 7 nitrogen and oxygen atoms in total. The number of unbranched alkanes of at least 4 members (excludes halogenated alkanes) is 2. The molecule has 0 fully saturated rings. The van der Waals surface area contributed by atoms with Crippen LogP contribution in [0.15, 0.2) is 58.8 Å². The van der Waals surface area contributed by atoms with Crippen molar-refractivity contribution in [2.75, 3.05) is 6.54 Å². The smallest absolute Gasteiger partial charge is 0.264 e. The van der Waals surface area contributed by atoms with E-state index in [-0.39, 0.29) is 29.8 Å². The van der Waals surface area contributed by atoms with Crippen molar-refractivity contribution in [2.45, 2.75) is 25.7 Å². The molecule has 1 heterocycles. The average molecular weight is 427 g/mol. The third kappa shape index (κ3) is 5.24. The molecule has 0 saturated carbocycles. The lowest BCUT2D eigenvalue weighted by Crippen LogP contribution is -2.24. The summed E-state index contributed by atoms with van der Waals surface area (Å²) in [5.41, 5.74) is 1.61. The van der Waals surface area contributed by atoms with E-state index >= 15 is 0 Å². The third-order valence-corrected chi connectivity index (χ3v) is 4.99. The van der Waals surface area contributed by atoms with Crippen LogP contribution in [0.2, 0.25) is 5.02 Å². The van der Waals surface area contributed by atoms with Gasteiger partial charge in [0.25, 0.3) is 11.8 Å². The summed E-state index contributed by atoms with van der Waals surface area (Å²) >= 11 is 6.02. The molecule has 2 aromatic carbocycles. The van der Waals surface area contributed by atoms with Gasteiger partial charge in [-0.2, -0.15) is 0 Å². The highest BCUT2D eigenvalue weighted by atomic mass is 35.5. The fourth-order valence-corrected chi connectivity index (χ4v) is 3.28. The predicted octanol–water partition coefficient (Wildman–Crippen LogP) is 5.14. The normalized spacial score (nSPS) is 11.3. The number of nitrogens with zero attached hydrogens (tertiary/aromatic N) is 3. The van der Waals surface area contributed by atoms with E-state index in [0.29, 0.717) is 28.9 Å². The van der Waals surface area contributed by atoms with E-state index in [1.54, 1.807) is 41.9 Å². The average Bonchev–Trinajstić information content (AvgIpc) is 2.98. The Morgan fingerprint density at radius 3 is 2.63 bits per heavy atom. The first kappa shape index (κ1) is 21.5. The van der Waals surface area contributed by atoms with Gasteiger partial charge in [0.05, 0.1) is 5.52 Å². The van der Waals surface area contributed by atoms with Crippen molar-refractivity contribution in [3.8, 4) is 5.88 Å². The number of amides is 2. The lowest BCUT2D eigenvalue weighted by molar-refractivity contribution is -0.118. The van der Waals surface area contributed by atoms with Gasteiger partial charge in [0.15, 0.2) is 5.69 Å². The molecular formula is C22H23ClN4O3. The number of hydrogen-bond acceptors (Lipinski definition) is 4. The van der Waals surface area contributed by atoms with Gasteiger partial charge in [-0.25, -0.2) is 0 Å². The summed E-state index contributed by atoms with van der Waals surface area (Å²) in [6.07, 6.45) is 2.45. The van der Waals surface area contributed by atoms with Gasteiger partial charge in [-0.05, 0) is 43.2 Å². The van der Waals surface area contributed by atoms with E-state index in [1.807, 2.05) is 18.2 Å². The lowest BCUT2D eigenvalue weighted by atomic mass is 10.2. The molecule has 2 N–H and O–H groups in total. The number of azo groups is 1.